The number of aryl methyl sites for hydroxylation is 1. The minimum Gasteiger partial charge on any atom is -0.454 e. The molecule has 8 heteroatoms. The Kier molecular flexibility index (Phi) is 8.17. The number of hydrogen-bond acceptors (Lipinski definition) is 5. The van der Waals surface area contributed by atoms with Crippen LogP contribution in [0.2, 0.25) is 0 Å². The largest absolute Gasteiger partial charge is 0.454 e. The average Bonchev–Trinajstić information content (AvgIpc) is 3.39. The van der Waals surface area contributed by atoms with Gasteiger partial charge in [0.1, 0.15) is 6.54 Å². The van der Waals surface area contributed by atoms with Crippen molar-refractivity contribution in [1.29, 1.82) is 0 Å². The Morgan fingerprint density at radius 2 is 1.90 bits per heavy atom. The van der Waals surface area contributed by atoms with Crippen LogP contribution in [-0.4, -0.2) is 48.2 Å². The van der Waals surface area contributed by atoms with Crippen molar-refractivity contribution >= 4 is 23.3 Å². The van der Waals surface area contributed by atoms with Crippen molar-refractivity contribution in [3.63, 3.8) is 0 Å². The van der Waals surface area contributed by atoms with Crippen molar-refractivity contribution < 1.29 is 19.1 Å². The molecule has 0 unspecified atom stereocenters. The van der Waals surface area contributed by atoms with E-state index in [0.717, 1.165) is 29.0 Å². The standard InChI is InChI=1S/C23H31N3O4S/c1-4-6-10-25(23(28)24-5-2)15-22(27)26(14-21-17(3)9-11-31-21)13-18-7-8-19-20(12-18)30-16-29-19/h7-9,11-12H,4-6,10,13-16H2,1-3H3,(H,24,28). The number of rotatable bonds is 10. The first-order valence-electron chi connectivity index (χ1n) is 10.7. The van der Waals surface area contributed by atoms with Crippen LogP contribution >= 0.6 is 11.3 Å². The lowest BCUT2D eigenvalue weighted by Crippen LogP contribution is -2.46. The lowest BCUT2D eigenvalue weighted by molar-refractivity contribution is -0.133. The van der Waals surface area contributed by atoms with Gasteiger partial charge in [-0.05, 0) is 55.0 Å². The lowest BCUT2D eigenvalue weighted by Gasteiger charge is -2.28. The van der Waals surface area contributed by atoms with E-state index in [2.05, 4.69) is 25.2 Å². The maximum Gasteiger partial charge on any atom is 0.317 e. The average molecular weight is 446 g/mol. The highest BCUT2D eigenvalue weighted by atomic mass is 32.1. The van der Waals surface area contributed by atoms with E-state index in [1.165, 1.54) is 5.56 Å². The van der Waals surface area contributed by atoms with Gasteiger partial charge in [0.25, 0.3) is 0 Å². The maximum atomic E-state index is 13.4. The van der Waals surface area contributed by atoms with Crippen LogP contribution in [0.3, 0.4) is 0 Å². The molecule has 7 nitrogen and oxygen atoms in total. The number of thiophene rings is 1. The fourth-order valence-corrected chi connectivity index (χ4v) is 4.28. The quantitative estimate of drug-likeness (QED) is 0.597. The van der Waals surface area contributed by atoms with Crippen LogP contribution < -0.4 is 14.8 Å². The number of unbranched alkanes of at least 4 members (excludes halogenated alkanes) is 1. The first-order chi connectivity index (χ1) is 15.0. The van der Waals surface area contributed by atoms with E-state index >= 15 is 0 Å². The third-order valence-corrected chi connectivity index (χ3v) is 6.20. The Balaban J connectivity index is 1.77. The van der Waals surface area contributed by atoms with Crippen molar-refractivity contribution in [1.82, 2.24) is 15.1 Å². The van der Waals surface area contributed by atoms with Gasteiger partial charge in [0, 0.05) is 24.5 Å². The molecule has 31 heavy (non-hydrogen) atoms. The second kappa shape index (κ2) is 11.0. The molecule has 0 saturated heterocycles. The first-order valence-corrected chi connectivity index (χ1v) is 11.6. The number of hydrogen-bond donors (Lipinski definition) is 1. The smallest absolute Gasteiger partial charge is 0.317 e. The molecule has 1 N–H and O–H groups in total. The number of urea groups is 1. The maximum absolute atomic E-state index is 13.4. The second-order valence-corrected chi connectivity index (χ2v) is 8.58. The monoisotopic (exact) mass is 445 g/mol. The zero-order valence-electron chi connectivity index (χ0n) is 18.5. The summed E-state index contributed by atoms with van der Waals surface area (Å²) in [5.41, 5.74) is 2.13. The van der Waals surface area contributed by atoms with Gasteiger partial charge in [-0.3, -0.25) is 4.79 Å². The predicted molar refractivity (Wildman–Crippen MR) is 121 cm³/mol. The summed E-state index contributed by atoms with van der Waals surface area (Å²) in [6.07, 6.45) is 1.82. The SMILES string of the molecule is CCCCN(CC(=O)N(Cc1ccc2c(c1)OCO2)Cc1sccc1C)C(=O)NCC. The summed E-state index contributed by atoms with van der Waals surface area (Å²) in [5.74, 6) is 1.34. The highest BCUT2D eigenvalue weighted by Crippen LogP contribution is 2.33. The Morgan fingerprint density at radius 1 is 1.10 bits per heavy atom. The highest BCUT2D eigenvalue weighted by Gasteiger charge is 2.23. The van der Waals surface area contributed by atoms with Crippen LogP contribution in [0.4, 0.5) is 4.79 Å². The summed E-state index contributed by atoms with van der Waals surface area (Å²) >= 11 is 1.64. The molecule has 1 aliphatic heterocycles. The zero-order valence-corrected chi connectivity index (χ0v) is 19.3. The van der Waals surface area contributed by atoms with Crippen molar-refractivity contribution in [3.05, 3.63) is 45.6 Å². The molecular formula is C23H31N3O4S. The minimum absolute atomic E-state index is 0.0564. The van der Waals surface area contributed by atoms with Crippen LogP contribution in [0, 0.1) is 6.92 Å². The molecule has 2 aromatic rings. The molecule has 0 fully saturated rings. The number of nitrogens with zero attached hydrogens (tertiary/aromatic N) is 2. The molecule has 1 aromatic heterocycles. The van der Waals surface area contributed by atoms with Gasteiger partial charge < -0.3 is 24.6 Å². The fraction of sp³-hybridized carbons (Fsp3) is 0.478. The van der Waals surface area contributed by atoms with Gasteiger partial charge in [-0.25, -0.2) is 4.79 Å². The molecule has 0 spiro atoms. The molecule has 0 radical (unpaired) electrons. The van der Waals surface area contributed by atoms with Gasteiger partial charge in [0.2, 0.25) is 12.7 Å². The molecule has 0 aliphatic carbocycles. The summed E-state index contributed by atoms with van der Waals surface area (Å²) in [6, 6.07) is 7.61. The van der Waals surface area contributed by atoms with Crippen molar-refractivity contribution in [3.8, 4) is 11.5 Å². The summed E-state index contributed by atoms with van der Waals surface area (Å²) in [6.45, 7) is 8.31. The highest BCUT2D eigenvalue weighted by molar-refractivity contribution is 7.10. The molecule has 1 aliphatic rings. The molecule has 0 saturated carbocycles. The number of ether oxygens (including phenoxy) is 2. The van der Waals surface area contributed by atoms with E-state index in [1.54, 1.807) is 16.2 Å². The van der Waals surface area contributed by atoms with E-state index in [4.69, 9.17) is 9.47 Å². The van der Waals surface area contributed by atoms with Crippen LogP contribution in [0.15, 0.2) is 29.6 Å². The summed E-state index contributed by atoms with van der Waals surface area (Å²) in [7, 11) is 0. The number of amides is 3. The lowest BCUT2D eigenvalue weighted by atomic mass is 10.1. The molecule has 1 aromatic carbocycles. The number of nitrogens with one attached hydrogen (secondary N) is 1. The molecule has 168 valence electrons. The zero-order chi connectivity index (χ0) is 22.2. The van der Waals surface area contributed by atoms with Crippen molar-refractivity contribution in [2.75, 3.05) is 26.4 Å². The van der Waals surface area contributed by atoms with Crippen LogP contribution in [-0.2, 0) is 17.9 Å². The number of benzene rings is 1. The third kappa shape index (κ3) is 6.13. The Hall–Kier alpha value is -2.74. The van der Waals surface area contributed by atoms with Gasteiger partial charge in [-0.1, -0.05) is 19.4 Å². The normalized spacial score (nSPS) is 12.0. The van der Waals surface area contributed by atoms with Crippen LogP contribution in [0.5, 0.6) is 11.5 Å². The number of carbonyl (C=O) groups is 2. The first kappa shape index (κ1) is 22.9. The van der Waals surface area contributed by atoms with Gasteiger partial charge >= 0.3 is 6.03 Å². The molecule has 3 rings (SSSR count). The molecular weight excluding hydrogens is 414 g/mol. The van der Waals surface area contributed by atoms with Gasteiger partial charge in [0.15, 0.2) is 11.5 Å². The minimum atomic E-state index is -0.195. The Labute approximate surface area is 187 Å². The molecule has 3 amide bonds. The number of carbonyl (C=O) groups excluding carboxylic acids is 2. The van der Waals surface area contributed by atoms with E-state index in [-0.39, 0.29) is 25.3 Å². The van der Waals surface area contributed by atoms with Crippen molar-refractivity contribution in [2.24, 2.45) is 0 Å². The van der Waals surface area contributed by atoms with Gasteiger partial charge in [0.05, 0.1) is 6.54 Å². The topological polar surface area (TPSA) is 71.1 Å². The van der Waals surface area contributed by atoms with E-state index < -0.39 is 0 Å². The van der Waals surface area contributed by atoms with E-state index in [1.807, 2.05) is 35.4 Å². The molecule has 2 heterocycles. The Bertz CT molecular complexity index is 899. The Morgan fingerprint density at radius 3 is 2.61 bits per heavy atom. The van der Waals surface area contributed by atoms with Crippen molar-refractivity contribution in [2.45, 2.75) is 46.7 Å². The van der Waals surface area contributed by atoms with Gasteiger partial charge in [-0.15, -0.1) is 11.3 Å². The fourth-order valence-electron chi connectivity index (χ4n) is 3.36. The molecule has 0 atom stereocenters. The number of fused-ring (bicyclic) bond motifs is 1. The summed E-state index contributed by atoms with van der Waals surface area (Å²) < 4.78 is 10.9. The predicted octanol–water partition coefficient (Wildman–Crippen LogP) is 4.15. The van der Waals surface area contributed by atoms with E-state index in [0.29, 0.717) is 31.9 Å². The van der Waals surface area contributed by atoms with Gasteiger partial charge in [-0.2, -0.15) is 0 Å². The molecule has 0 bridgehead atoms. The van der Waals surface area contributed by atoms with E-state index in [9.17, 15) is 9.59 Å². The summed E-state index contributed by atoms with van der Waals surface area (Å²) in [4.78, 5) is 30.4. The van der Waals surface area contributed by atoms with Crippen LogP contribution in [0.25, 0.3) is 0 Å². The third-order valence-electron chi connectivity index (χ3n) is 5.19. The van der Waals surface area contributed by atoms with Crippen LogP contribution in [0.1, 0.15) is 42.7 Å². The summed E-state index contributed by atoms with van der Waals surface area (Å²) in [5, 5.41) is 4.86. The second-order valence-electron chi connectivity index (χ2n) is 7.57.